The van der Waals surface area contributed by atoms with Crippen LogP contribution in [0.25, 0.3) is 48.8 Å². The lowest BCUT2D eigenvalue weighted by atomic mass is 9.89. The fourth-order valence-corrected chi connectivity index (χ4v) is 6.11. The van der Waals surface area contributed by atoms with Crippen molar-refractivity contribution in [1.82, 2.24) is 4.98 Å². The minimum atomic E-state index is -0.126. The van der Waals surface area contributed by atoms with Crippen molar-refractivity contribution < 1.29 is 0 Å². The van der Waals surface area contributed by atoms with Gasteiger partial charge in [0.25, 0.3) is 0 Å². The number of amidine groups is 2. The van der Waals surface area contributed by atoms with Crippen LogP contribution in [0.3, 0.4) is 0 Å². The summed E-state index contributed by atoms with van der Waals surface area (Å²) in [5, 5.41) is 17.0. The van der Waals surface area contributed by atoms with Gasteiger partial charge in [0.1, 0.15) is 11.7 Å². The lowest BCUT2D eigenvalue weighted by Crippen LogP contribution is -2.15. The fourth-order valence-electron chi connectivity index (χ4n) is 6.11. The molecule has 1 aliphatic carbocycles. The number of allylic oxidation sites excluding steroid dienone is 6. The Bertz CT molecular complexity index is 2320. The van der Waals surface area contributed by atoms with E-state index in [1.807, 2.05) is 68.6 Å². The van der Waals surface area contributed by atoms with E-state index in [4.69, 9.17) is 20.4 Å². The third-order valence-corrected chi connectivity index (χ3v) is 8.51. The van der Waals surface area contributed by atoms with Crippen molar-refractivity contribution in [3.63, 3.8) is 0 Å². The first kappa shape index (κ1) is 29.0. The van der Waals surface area contributed by atoms with Crippen LogP contribution < -0.4 is 0 Å². The van der Waals surface area contributed by atoms with Gasteiger partial charge in [-0.25, -0.2) is 15.0 Å². The highest BCUT2D eigenvalue weighted by molar-refractivity contribution is 6.23. The Morgan fingerprint density at radius 3 is 2.37 bits per heavy atom. The second-order valence-electron chi connectivity index (χ2n) is 11.6. The smallest absolute Gasteiger partial charge is 0.149 e. The molecule has 1 N–H and O–H groups in total. The number of hydrogen-bond donors (Lipinski definition) is 1. The molecule has 0 saturated carbocycles. The molecule has 0 spiro atoms. The van der Waals surface area contributed by atoms with E-state index >= 15 is 0 Å². The van der Waals surface area contributed by atoms with E-state index < -0.39 is 0 Å². The molecule has 1 unspecified atom stereocenters. The monoisotopic (exact) mass is 594 g/mol. The number of aliphatic imine (C=N–C) groups is 2. The average molecular weight is 595 g/mol. The van der Waals surface area contributed by atoms with E-state index in [9.17, 15) is 0 Å². The third kappa shape index (κ3) is 5.73. The lowest BCUT2D eigenvalue weighted by Gasteiger charge is -2.19. The highest BCUT2D eigenvalue weighted by Crippen LogP contribution is 2.38. The van der Waals surface area contributed by atoms with E-state index in [2.05, 4.69) is 91.0 Å². The molecule has 6 aromatic rings. The zero-order chi connectivity index (χ0) is 31.5. The van der Waals surface area contributed by atoms with Gasteiger partial charge in [-0.05, 0) is 70.7 Å². The topological polar surface area (TPSA) is 61.5 Å². The minimum Gasteiger partial charge on any atom is -0.283 e. The molecular weight excluding hydrogens is 560 g/mol. The molecule has 46 heavy (non-hydrogen) atoms. The van der Waals surface area contributed by atoms with Gasteiger partial charge in [0.15, 0.2) is 0 Å². The molecule has 0 fully saturated rings. The van der Waals surface area contributed by atoms with E-state index in [1.165, 1.54) is 26.9 Å². The predicted octanol–water partition coefficient (Wildman–Crippen LogP) is 10.7. The van der Waals surface area contributed by atoms with E-state index in [-0.39, 0.29) is 11.8 Å². The second-order valence-corrected chi connectivity index (χ2v) is 11.6. The SMILES string of the molecule is C/C=C\C=C(/C)C(=N)/N=C(\N=C\c1ccccc1)C1C=C(c2nc3cc4ccccc4cc3c3c2ccc2ccccc23)C=CC1. The molecule has 222 valence electrons. The summed E-state index contributed by atoms with van der Waals surface area (Å²) in [6.45, 7) is 3.87. The first-order valence-electron chi connectivity index (χ1n) is 15.7. The summed E-state index contributed by atoms with van der Waals surface area (Å²) in [6, 6.07) is 36.0. The molecule has 4 heteroatoms. The Kier molecular flexibility index (Phi) is 8.01. The molecule has 0 amide bonds. The summed E-state index contributed by atoms with van der Waals surface area (Å²) in [4.78, 5) is 15.0. The molecule has 0 radical (unpaired) electrons. The quantitative estimate of drug-likeness (QED) is 0.0697. The van der Waals surface area contributed by atoms with Gasteiger partial charge in [0, 0.05) is 28.3 Å². The van der Waals surface area contributed by atoms with Crippen molar-refractivity contribution in [2.24, 2.45) is 15.9 Å². The van der Waals surface area contributed by atoms with Gasteiger partial charge in [-0.3, -0.25) is 5.41 Å². The largest absolute Gasteiger partial charge is 0.283 e. The van der Waals surface area contributed by atoms with Gasteiger partial charge in [-0.1, -0.05) is 127 Å². The first-order chi connectivity index (χ1) is 22.6. The van der Waals surface area contributed by atoms with Crippen LogP contribution in [-0.4, -0.2) is 22.9 Å². The van der Waals surface area contributed by atoms with Crippen molar-refractivity contribution in [3.8, 4) is 0 Å². The molecule has 0 aliphatic heterocycles. The Labute approximate surface area is 269 Å². The molecule has 5 aromatic carbocycles. The van der Waals surface area contributed by atoms with Gasteiger partial charge in [-0.2, -0.15) is 0 Å². The van der Waals surface area contributed by atoms with Crippen LogP contribution in [-0.2, 0) is 0 Å². The summed E-state index contributed by atoms with van der Waals surface area (Å²) in [6.07, 6.45) is 14.9. The van der Waals surface area contributed by atoms with Gasteiger partial charge in [0.05, 0.1) is 11.2 Å². The van der Waals surface area contributed by atoms with Crippen LogP contribution in [0.15, 0.2) is 155 Å². The first-order valence-corrected chi connectivity index (χ1v) is 15.7. The molecule has 0 saturated heterocycles. The number of nitrogens with one attached hydrogen (secondary N) is 1. The Hall–Kier alpha value is -5.74. The van der Waals surface area contributed by atoms with E-state index in [0.717, 1.165) is 45.1 Å². The Morgan fingerprint density at radius 1 is 0.826 bits per heavy atom. The summed E-state index contributed by atoms with van der Waals surface area (Å²) in [5.74, 6) is 0.681. The molecular formula is C42H34N4. The number of aromatic nitrogens is 1. The Morgan fingerprint density at radius 2 is 1.57 bits per heavy atom. The zero-order valence-corrected chi connectivity index (χ0v) is 26.0. The maximum Gasteiger partial charge on any atom is 0.149 e. The molecule has 1 aliphatic rings. The number of pyridine rings is 1. The second kappa shape index (κ2) is 12.7. The number of hydrogen-bond acceptors (Lipinski definition) is 2. The predicted molar refractivity (Wildman–Crippen MR) is 197 cm³/mol. The molecule has 0 bridgehead atoms. The van der Waals surface area contributed by atoms with Crippen LogP contribution in [0.5, 0.6) is 0 Å². The molecule has 1 heterocycles. The molecule has 7 rings (SSSR count). The number of benzene rings is 5. The molecule has 4 nitrogen and oxygen atoms in total. The van der Waals surface area contributed by atoms with Crippen LogP contribution in [0.4, 0.5) is 0 Å². The fraction of sp³-hybridized carbons (Fsp3) is 0.0952. The van der Waals surface area contributed by atoms with Gasteiger partial charge in [-0.15, -0.1) is 0 Å². The normalized spacial score (nSPS) is 16.0. The lowest BCUT2D eigenvalue weighted by molar-refractivity contribution is 0.863. The standard InChI is InChI=1S/C42H34N4/c1-3-4-13-28(2)41(43)46-42(44-27-29-14-6-5-7-15-29)34-20-12-19-33(24-34)40-36-23-22-30-16-10-11-21-35(30)39(36)37-25-31-17-8-9-18-32(31)26-38(37)45-40/h3-19,21-27,34,43H,20H2,1-2H3/b4-3-,28-13+,43-41?,44-27+,46-42-. The summed E-state index contributed by atoms with van der Waals surface area (Å²) < 4.78 is 0. The van der Waals surface area contributed by atoms with Crippen molar-refractivity contribution in [3.05, 3.63) is 156 Å². The number of rotatable bonds is 5. The summed E-state index contributed by atoms with van der Waals surface area (Å²) >= 11 is 0. The van der Waals surface area contributed by atoms with Crippen LogP contribution in [0, 0.1) is 11.3 Å². The van der Waals surface area contributed by atoms with Crippen LogP contribution in [0.2, 0.25) is 0 Å². The van der Waals surface area contributed by atoms with Crippen molar-refractivity contribution >= 4 is 66.7 Å². The highest BCUT2D eigenvalue weighted by atomic mass is 15.0. The van der Waals surface area contributed by atoms with Crippen molar-refractivity contribution in [2.45, 2.75) is 20.3 Å². The summed E-state index contributed by atoms with van der Waals surface area (Å²) in [7, 11) is 0. The van der Waals surface area contributed by atoms with Gasteiger partial charge >= 0.3 is 0 Å². The van der Waals surface area contributed by atoms with E-state index in [0.29, 0.717) is 5.84 Å². The molecule has 1 atom stereocenters. The van der Waals surface area contributed by atoms with Crippen molar-refractivity contribution in [2.75, 3.05) is 0 Å². The number of fused-ring (bicyclic) bond motifs is 6. The van der Waals surface area contributed by atoms with Gasteiger partial charge < -0.3 is 0 Å². The average Bonchev–Trinajstić information content (AvgIpc) is 3.11. The maximum atomic E-state index is 8.75. The van der Waals surface area contributed by atoms with Crippen LogP contribution in [0.1, 0.15) is 31.5 Å². The third-order valence-electron chi connectivity index (χ3n) is 8.51. The molecule has 1 aromatic heterocycles. The van der Waals surface area contributed by atoms with Crippen molar-refractivity contribution in [1.29, 1.82) is 5.41 Å². The van der Waals surface area contributed by atoms with E-state index in [1.54, 1.807) is 0 Å². The van der Waals surface area contributed by atoms with Gasteiger partial charge in [0.2, 0.25) is 0 Å². The van der Waals surface area contributed by atoms with Crippen LogP contribution >= 0.6 is 0 Å². The Balaban J connectivity index is 1.41. The zero-order valence-electron chi connectivity index (χ0n) is 26.0. The number of nitrogens with zero attached hydrogens (tertiary/aromatic N) is 3. The minimum absolute atomic E-state index is 0.126. The highest BCUT2D eigenvalue weighted by Gasteiger charge is 2.21. The maximum absolute atomic E-state index is 8.75. The summed E-state index contributed by atoms with van der Waals surface area (Å²) in [5.41, 5.74) is 4.70.